The molecule has 4 rings (SSSR count). The van der Waals surface area contributed by atoms with E-state index in [9.17, 15) is 8.42 Å². The van der Waals surface area contributed by atoms with E-state index in [1.54, 1.807) is 12.1 Å². The molecule has 0 bridgehead atoms. The van der Waals surface area contributed by atoms with Gasteiger partial charge in [-0.25, -0.2) is 13.1 Å². The lowest BCUT2D eigenvalue weighted by Gasteiger charge is -2.28. The summed E-state index contributed by atoms with van der Waals surface area (Å²) in [5, 5.41) is 0. The van der Waals surface area contributed by atoms with Gasteiger partial charge in [-0.15, -0.1) is 0 Å². The zero-order chi connectivity index (χ0) is 20.8. The van der Waals surface area contributed by atoms with Crippen LogP contribution < -0.4 is 4.72 Å². The van der Waals surface area contributed by atoms with Crippen molar-refractivity contribution in [2.24, 2.45) is 0 Å². The maximum Gasteiger partial charge on any atom is 0.240 e. The van der Waals surface area contributed by atoms with E-state index >= 15 is 0 Å². The Kier molecular flexibility index (Phi) is 7.24. The van der Waals surface area contributed by atoms with Crippen LogP contribution in [0.4, 0.5) is 0 Å². The van der Waals surface area contributed by atoms with Crippen LogP contribution in [-0.2, 0) is 23.0 Å². The average molecular weight is 427 g/mol. The zero-order valence-electron chi connectivity index (χ0n) is 17.9. The fourth-order valence-electron chi connectivity index (χ4n) is 4.85. The van der Waals surface area contributed by atoms with Crippen LogP contribution in [0.25, 0.3) is 0 Å². The van der Waals surface area contributed by atoms with Gasteiger partial charge < -0.3 is 0 Å². The fourth-order valence-corrected chi connectivity index (χ4v) is 5.92. The number of rotatable bonds is 8. The molecule has 162 valence electrons. The Morgan fingerprint density at radius 3 is 2.40 bits per heavy atom. The Balaban J connectivity index is 1.20. The van der Waals surface area contributed by atoms with Gasteiger partial charge in [-0.05, 0) is 73.4 Å². The van der Waals surface area contributed by atoms with Crippen LogP contribution in [0, 0.1) is 0 Å². The molecular weight excluding hydrogens is 392 g/mol. The van der Waals surface area contributed by atoms with E-state index in [-0.39, 0.29) is 0 Å². The molecule has 5 heteroatoms. The topological polar surface area (TPSA) is 49.4 Å². The molecule has 2 aliphatic rings. The van der Waals surface area contributed by atoms with Gasteiger partial charge in [0.1, 0.15) is 0 Å². The summed E-state index contributed by atoms with van der Waals surface area (Å²) in [5.74, 6) is 0.602. The second kappa shape index (κ2) is 10.1. The average Bonchev–Trinajstić information content (AvgIpc) is 2.79. The third-order valence-electron chi connectivity index (χ3n) is 6.67. The predicted octanol–water partition coefficient (Wildman–Crippen LogP) is 4.85. The molecule has 30 heavy (non-hydrogen) atoms. The molecule has 1 saturated carbocycles. The third kappa shape index (κ3) is 5.51. The smallest absolute Gasteiger partial charge is 0.240 e. The minimum atomic E-state index is -3.42. The first-order valence-corrected chi connectivity index (χ1v) is 13.0. The molecule has 0 amide bonds. The number of benzene rings is 2. The van der Waals surface area contributed by atoms with Crippen LogP contribution in [0.5, 0.6) is 0 Å². The zero-order valence-corrected chi connectivity index (χ0v) is 18.7. The molecule has 2 aromatic carbocycles. The van der Waals surface area contributed by atoms with Gasteiger partial charge in [0.05, 0.1) is 4.90 Å². The number of unbranched alkanes of at least 4 members (excludes halogenated alkanes) is 1. The summed E-state index contributed by atoms with van der Waals surface area (Å²) in [5.41, 5.74) is 4.19. The normalized spacial score (nSPS) is 18.3. The van der Waals surface area contributed by atoms with Gasteiger partial charge in [-0.2, -0.15) is 0 Å². The van der Waals surface area contributed by atoms with Crippen LogP contribution in [0.3, 0.4) is 0 Å². The summed E-state index contributed by atoms with van der Waals surface area (Å²) in [4.78, 5) is 2.86. The molecule has 0 radical (unpaired) electrons. The Bertz CT molecular complexity index is 918. The molecule has 1 N–H and O–H groups in total. The number of fused-ring (bicyclic) bond motifs is 1. The van der Waals surface area contributed by atoms with Crippen LogP contribution in [0.1, 0.15) is 67.6 Å². The van der Waals surface area contributed by atoms with Crippen molar-refractivity contribution in [3.8, 4) is 0 Å². The number of nitrogens with one attached hydrogen (secondary N) is 1. The largest absolute Gasteiger partial charge is 0.299 e. The lowest BCUT2D eigenvalue weighted by Crippen LogP contribution is -2.32. The Labute approximate surface area is 181 Å². The molecule has 1 fully saturated rings. The molecule has 4 nitrogen and oxygen atoms in total. The number of hydrogen-bond donors (Lipinski definition) is 1. The SMILES string of the molecule is O=S(=O)(NCCCCN1CCc2ccccc2C1)c1ccc(C2CCCCC2)cc1. The molecule has 0 unspecified atom stereocenters. The molecule has 2 aromatic rings. The minimum Gasteiger partial charge on any atom is -0.299 e. The monoisotopic (exact) mass is 426 g/mol. The number of sulfonamides is 1. The van der Waals surface area contributed by atoms with E-state index in [1.165, 1.54) is 48.8 Å². The van der Waals surface area contributed by atoms with Crippen LogP contribution in [0.2, 0.25) is 0 Å². The standard InChI is InChI=1S/C25H34N2O2S/c28-30(29,25-14-12-23(13-15-25)21-8-2-1-3-9-21)26-17-6-7-18-27-19-16-22-10-4-5-11-24(22)20-27/h4-5,10-15,21,26H,1-3,6-9,16-20H2. The Hall–Kier alpha value is -1.69. The van der Waals surface area contributed by atoms with Gasteiger partial charge in [0.25, 0.3) is 0 Å². The molecule has 0 aromatic heterocycles. The van der Waals surface area contributed by atoms with Crippen molar-refractivity contribution in [2.75, 3.05) is 19.6 Å². The highest BCUT2D eigenvalue weighted by Crippen LogP contribution is 2.32. The van der Waals surface area contributed by atoms with E-state index in [2.05, 4.69) is 33.9 Å². The highest BCUT2D eigenvalue weighted by molar-refractivity contribution is 7.89. The molecule has 0 spiro atoms. The van der Waals surface area contributed by atoms with E-state index in [4.69, 9.17) is 0 Å². The summed E-state index contributed by atoms with van der Waals surface area (Å²) < 4.78 is 28.0. The fraction of sp³-hybridized carbons (Fsp3) is 0.520. The molecule has 1 heterocycles. The van der Waals surface area contributed by atoms with E-state index in [0.717, 1.165) is 38.9 Å². The van der Waals surface area contributed by atoms with Crippen molar-refractivity contribution in [1.29, 1.82) is 0 Å². The van der Waals surface area contributed by atoms with Crippen LogP contribution in [0.15, 0.2) is 53.4 Å². The second-order valence-corrected chi connectivity index (χ2v) is 10.6. The predicted molar refractivity (Wildman–Crippen MR) is 122 cm³/mol. The number of nitrogens with zero attached hydrogens (tertiary/aromatic N) is 1. The highest BCUT2D eigenvalue weighted by atomic mass is 32.2. The van der Waals surface area contributed by atoms with Crippen molar-refractivity contribution < 1.29 is 8.42 Å². The molecule has 0 atom stereocenters. The van der Waals surface area contributed by atoms with Crippen molar-refractivity contribution in [1.82, 2.24) is 9.62 Å². The Morgan fingerprint density at radius 2 is 1.63 bits per heavy atom. The molecule has 1 aliphatic carbocycles. The van der Waals surface area contributed by atoms with Crippen molar-refractivity contribution in [2.45, 2.75) is 68.7 Å². The number of hydrogen-bond acceptors (Lipinski definition) is 3. The van der Waals surface area contributed by atoms with Crippen molar-refractivity contribution in [3.05, 3.63) is 65.2 Å². The molecule has 1 aliphatic heterocycles. The van der Waals surface area contributed by atoms with E-state index in [0.29, 0.717) is 17.4 Å². The molecular formula is C25H34N2O2S. The van der Waals surface area contributed by atoms with Crippen molar-refractivity contribution >= 4 is 10.0 Å². The molecule has 0 saturated heterocycles. The summed E-state index contributed by atoms with van der Waals surface area (Å²) in [6.07, 6.45) is 9.34. The first-order valence-electron chi connectivity index (χ1n) is 11.5. The first kappa shape index (κ1) is 21.5. The quantitative estimate of drug-likeness (QED) is 0.614. The summed E-state index contributed by atoms with van der Waals surface area (Å²) in [6, 6.07) is 16.2. The van der Waals surface area contributed by atoms with Gasteiger partial charge in [0.15, 0.2) is 0 Å². The van der Waals surface area contributed by atoms with Gasteiger partial charge in [-0.3, -0.25) is 4.90 Å². The van der Waals surface area contributed by atoms with Gasteiger partial charge >= 0.3 is 0 Å². The van der Waals surface area contributed by atoms with Gasteiger partial charge in [0, 0.05) is 19.6 Å². The third-order valence-corrected chi connectivity index (χ3v) is 8.15. The van der Waals surface area contributed by atoms with Crippen molar-refractivity contribution in [3.63, 3.8) is 0 Å². The maximum atomic E-state index is 12.6. The summed E-state index contributed by atoms with van der Waals surface area (Å²) in [6.45, 7) is 3.62. The van der Waals surface area contributed by atoms with E-state index in [1.807, 2.05) is 12.1 Å². The van der Waals surface area contributed by atoms with Crippen LogP contribution in [-0.4, -0.2) is 33.0 Å². The van der Waals surface area contributed by atoms with Gasteiger partial charge in [-0.1, -0.05) is 55.7 Å². The van der Waals surface area contributed by atoms with Gasteiger partial charge in [0.2, 0.25) is 10.0 Å². The Morgan fingerprint density at radius 1 is 0.900 bits per heavy atom. The highest BCUT2D eigenvalue weighted by Gasteiger charge is 2.18. The second-order valence-electron chi connectivity index (χ2n) is 8.80. The minimum absolute atomic E-state index is 0.384. The lowest BCUT2D eigenvalue weighted by atomic mass is 9.84. The van der Waals surface area contributed by atoms with Crippen LogP contribution >= 0.6 is 0 Å². The summed E-state index contributed by atoms with van der Waals surface area (Å²) >= 11 is 0. The van der Waals surface area contributed by atoms with E-state index < -0.39 is 10.0 Å². The first-order chi connectivity index (χ1) is 14.6. The lowest BCUT2D eigenvalue weighted by molar-refractivity contribution is 0.249. The maximum absolute atomic E-state index is 12.6. The summed E-state index contributed by atoms with van der Waals surface area (Å²) in [7, 11) is -3.42.